The van der Waals surface area contributed by atoms with Gasteiger partial charge in [0.25, 0.3) is 5.91 Å². The van der Waals surface area contributed by atoms with Crippen LogP contribution in [0.5, 0.6) is 0 Å². The van der Waals surface area contributed by atoms with E-state index < -0.39 is 9.84 Å². The zero-order valence-corrected chi connectivity index (χ0v) is 16.5. The van der Waals surface area contributed by atoms with Crippen LogP contribution in [0.3, 0.4) is 0 Å². The second-order valence-electron chi connectivity index (χ2n) is 6.66. The van der Waals surface area contributed by atoms with Gasteiger partial charge in [0.2, 0.25) is 0 Å². The van der Waals surface area contributed by atoms with Gasteiger partial charge in [-0.05, 0) is 38.5 Å². The topological polar surface area (TPSA) is 70.6 Å². The molecule has 2 heterocycles. The summed E-state index contributed by atoms with van der Waals surface area (Å²) in [6.45, 7) is 5.13. The number of hydrogen-bond donors (Lipinski definition) is 0. The highest BCUT2D eigenvalue weighted by Gasteiger charge is 2.32. The number of rotatable bonds is 6. The second kappa shape index (κ2) is 8.08. The van der Waals surface area contributed by atoms with Gasteiger partial charge in [0.05, 0.1) is 29.0 Å². The molecule has 0 N–H and O–H groups in total. The van der Waals surface area contributed by atoms with Crippen molar-refractivity contribution in [1.82, 2.24) is 4.98 Å². The van der Waals surface area contributed by atoms with Gasteiger partial charge in [0.1, 0.15) is 0 Å². The predicted molar refractivity (Wildman–Crippen MR) is 108 cm³/mol. The predicted octanol–water partition coefficient (Wildman–Crippen LogP) is 2.76. The summed E-state index contributed by atoms with van der Waals surface area (Å²) in [5.74, 6) is 0.259. The molecule has 0 saturated carbocycles. The molecule has 144 valence electrons. The number of para-hydroxylation sites is 1. The van der Waals surface area contributed by atoms with Crippen LogP contribution in [0.15, 0.2) is 48.8 Å². The molecule has 0 bridgehead atoms. The van der Waals surface area contributed by atoms with E-state index >= 15 is 0 Å². The molecule has 1 unspecified atom stereocenters. The zero-order chi connectivity index (χ0) is 19.4. The van der Waals surface area contributed by atoms with Crippen LogP contribution in [0.1, 0.15) is 30.6 Å². The van der Waals surface area contributed by atoms with Gasteiger partial charge in [-0.1, -0.05) is 18.2 Å². The molecular weight excluding hydrogens is 362 g/mol. The van der Waals surface area contributed by atoms with Crippen LogP contribution in [0.2, 0.25) is 0 Å². The normalized spacial score (nSPS) is 18.2. The Hall–Kier alpha value is -2.41. The number of nitrogens with zero attached hydrogens (tertiary/aromatic N) is 3. The fourth-order valence-electron chi connectivity index (χ4n) is 3.58. The average molecular weight is 388 g/mol. The summed E-state index contributed by atoms with van der Waals surface area (Å²) in [5, 5.41) is 0. The summed E-state index contributed by atoms with van der Waals surface area (Å²) in [4.78, 5) is 21.0. The lowest BCUT2D eigenvalue weighted by molar-refractivity contribution is 0.0988. The molecule has 6 nitrogen and oxygen atoms in total. The summed E-state index contributed by atoms with van der Waals surface area (Å²) in [6, 6.07) is 11.3. The largest absolute Gasteiger partial charge is 0.367 e. The van der Waals surface area contributed by atoms with Crippen molar-refractivity contribution >= 4 is 27.1 Å². The van der Waals surface area contributed by atoms with Crippen molar-refractivity contribution in [3.8, 4) is 0 Å². The fraction of sp³-hybridized carbons (Fsp3) is 0.400. The lowest BCUT2D eigenvalue weighted by atomic mass is 10.1. The molecule has 7 heteroatoms. The Kier molecular flexibility index (Phi) is 5.79. The number of benzene rings is 1. The monoisotopic (exact) mass is 387 g/mol. The molecule has 3 rings (SSSR count). The van der Waals surface area contributed by atoms with Crippen LogP contribution >= 0.6 is 0 Å². The van der Waals surface area contributed by atoms with Gasteiger partial charge in [0.15, 0.2) is 9.84 Å². The number of carbonyl (C=O) groups is 1. The number of hydrogen-bond acceptors (Lipinski definition) is 5. The molecule has 1 saturated heterocycles. The number of sulfone groups is 1. The summed E-state index contributed by atoms with van der Waals surface area (Å²) in [5.41, 5.74) is 2.12. The third kappa shape index (κ3) is 4.30. The van der Waals surface area contributed by atoms with Crippen molar-refractivity contribution in [2.75, 3.05) is 34.4 Å². The number of pyridine rings is 1. The van der Waals surface area contributed by atoms with E-state index in [1.165, 1.54) is 0 Å². The summed E-state index contributed by atoms with van der Waals surface area (Å²) >= 11 is 0. The molecule has 0 radical (unpaired) electrons. The van der Waals surface area contributed by atoms with Crippen molar-refractivity contribution in [3.05, 3.63) is 54.4 Å². The third-order valence-corrected chi connectivity index (χ3v) is 6.67. The van der Waals surface area contributed by atoms with Crippen LogP contribution < -0.4 is 9.80 Å². The number of anilines is 2. The molecule has 1 aromatic carbocycles. The van der Waals surface area contributed by atoms with Crippen LogP contribution in [0, 0.1) is 0 Å². The van der Waals surface area contributed by atoms with Crippen LogP contribution in [0.25, 0.3) is 0 Å². The van der Waals surface area contributed by atoms with Crippen molar-refractivity contribution < 1.29 is 13.2 Å². The Morgan fingerprint density at radius 1 is 1.11 bits per heavy atom. The Morgan fingerprint density at radius 2 is 1.85 bits per heavy atom. The second-order valence-corrected chi connectivity index (χ2v) is 8.89. The smallest absolute Gasteiger partial charge is 0.259 e. The van der Waals surface area contributed by atoms with Crippen molar-refractivity contribution in [3.63, 3.8) is 0 Å². The van der Waals surface area contributed by atoms with E-state index in [1.54, 1.807) is 17.3 Å². The standard InChI is InChI=1S/C20H25N3O3S/c1-3-22(18-10-11-27(25,26)15-18)19-12-16(13-21-14-19)20(24)23(4-2)17-8-6-5-7-9-17/h5-9,12-14,18H,3-4,10-11,15H2,1-2H3. The molecule has 1 aliphatic rings. The number of carbonyl (C=O) groups excluding carboxylic acids is 1. The quantitative estimate of drug-likeness (QED) is 0.762. The molecular formula is C20H25N3O3S. The van der Waals surface area contributed by atoms with E-state index in [9.17, 15) is 13.2 Å². The van der Waals surface area contributed by atoms with E-state index in [1.807, 2.05) is 55.1 Å². The zero-order valence-electron chi connectivity index (χ0n) is 15.7. The van der Waals surface area contributed by atoms with E-state index in [2.05, 4.69) is 4.98 Å². The van der Waals surface area contributed by atoms with Crippen LogP contribution in [-0.2, 0) is 9.84 Å². The molecule has 0 spiro atoms. The maximum absolute atomic E-state index is 13.0. The van der Waals surface area contributed by atoms with Gasteiger partial charge >= 0.3 is 0 Å². The Bertz CT molecular complexity index is 900. The first-order valence-corrected chi connectivity index (χ1v) is 11.1. The molecule has 1 aromatic heterocycles. The number of aromatic nitrogens is 1. The minimum atomic E-state index is -2.98. The summed E-state index contributed by atoms with van der Waals surface area (Å²) in [6.07, 6.45) is 3.88. The van der Waals surface area contributed by atoms with Gasteiger partial charge in [0, 0.05) is 31.0 Å². The fourth-order valence-corrected chi connectivity index (χ4v) is 5.31. The van der Waals surface area contributed by atoms with Gasteiger partial charge < -0.3 is 9.80 Å². The molecule has 0 aliphatic carbocycles. The van der Waals surface area contributed by atoms with Crippen LogP contribution in [-0.4, -0.2) is 49.9 Å². The molecule has 1 amide bonds. The first kappa shape index (κ1) is 19.4. The van der Waals surface area contributed by atoms with E-state index in [0.717, 1.165) is 11.4 Å². The van der Waals surface area contributed by atoms with Crippen LogP contribution in [0.4, 0.5) is 11.4 Å². The van der Waals surface area contributed by atoms with Gasteiger partial charge in [-0.25, -0.2) is 8.42 Å². The number of amides is 1. The SMILES string of the molecule is CCN(C(=O)c1cncc(N(CC)C2CCS(=O)(=O)C2)c1)c1ccccc1. The third-order valence-electron chi connectivity index (χ3n) is 4.92. The Labute approximate surface area is 160 Å². The first-order valence-electron chi connectivity index (χ1n) is 9.24. The maximum atomic E-state index is 13.0. The van der Waals surface area contributed by atoms with Gasteiger partial charge in [-0.15, -0.1) is 0 Å². The lowest BCUT2D eigenvalue weighted by Crippen LogP contribution is -2.36. The average Bonchev–Trinajstić information content (AvgIpc) is 3.03. The molecule has 2 aromatic rings. The first-order chi connectivity index (χ1) is 12.9. The molecule has 27 heavy (non-hydrogen) atoms. The highest BCUT2D eigenvalue weighted by atomic mass is 32.2. The lowest BCUT2D eigenvalue weighted by Gasteiger charge is -2.29. The molecule has 1 atom stereocenters. The minimum Gasteiger partial charge on any atom is -0.367 e. The Morgan fingerprint density at radius 3 is 2.44 bits per heavy atom. The van der Waals surface area contributed by atoms with E-state index in [-0.39, 0.29) is 23.5 Å². The highest BCUT2D eigenvalue weighted by molar-refractivity contribution is 7.91. The summed E-state index contributed by atoms with van der Waals surface area (Å²) in [7, 11) is -2.98. The Balaban J connectivity index is 1.87. The minimum absolute atomic E-state index is 0.0662. The van der Waals surface area contributed by atoms with Crippen molar-refractivity contribution in [1.29, 1.82) is 0 Å². The van der Waals surface area contributed by atoms with Crippen molar-refractivity contribution in [2.45, 2.75) is 26.3 Å². The highest BCUT2D eigenvalue weighted by Crippen LogP contribution is 2.25. The maximum Gasteiger partial charge on any atom is 0.259 e. The van der Waals surface area contributed by atoms with Crippen molar-refractivity contribution in [2.24, 2.45) is 0 Å². The summed E-state index contributed by atoms with van der Waals surface area (Å²) < 4.78 is 23.7. The van der Waals surface area contributed by atoms with E-state index in [0.29, 0.717) is 25.1 Å². The van der Waals surface area contributed by atoms with Gasteiger partial charge in [-0.3, -0.25) is 9.78 Å². The molecule has 1 aliphatic heterocycles. The van der Waals surface area contributed by atoms with E-state index in [4.69, 9.17) is 0 Å². The van der Waals surface area contributed by atoms with Gasteiger partial charge in [-0.2, -0.15) is 0 Å². The molecule has 1 fully saturated rings.